The maximum absolute atomic E-state index is 12.2. The number of methoxy groups -OCH3 is 1. The number of benzene rings is 2. The van der Waals surface area contributed by atoms with Gasteiger partial charge >= 0.3 is 5.97 Å². The summed E-state index contributed by atoms with van der Waals surface area (Å²) >= 11 is 6.15. The van der Waals surface area contributed by atoms with Crippen LogP contribution in [0.25, 0.3) is 0 Å². The number of amides is 1. The molecule has 0 saturated heterocycles. The third kappa shape index (κ3) is 6.83. The molecule has 27 heavy (non-hydrogen) atoms. The SMILES string of the molecule is COc1cccc(Cl)c1CC(=O)NCc1ccc(OCCCC(=O)O)cc1. The number of rotatable bonds is 10. The van der Waals surface area contributed by atoms with E-state index in [-0.39, 0.29) is 18.7 Å². The summed E-state index contributed by atoms with van der Waals surface area (Å²) in [6, 6.07) is 12.5. The molecule has 2 N–H and O–H groups in total. The molecule has 0 atom stereocenters. The maximum atomic E-state index is 12.2. The van der Waals surface area contributed by atoms with Gasteiger partial charge in [0.1, 0.15) is 11.5 Å². The zero-order chi connectivity index (χ0) is 19.6. The predicted molar refractivity (Wildman–Crippen MR) is 102 cm³/mol. The first-order chi connectivity index (χ1) is 13.0. The summed E-state index contributed by atoms with van der Waals surface area (Å²) in [4.78, 5) is 22.7. The number of carboxylic acid groups (broad SMARTS) is 1. The highest BCUT2D eigenvalue weighted by Gasteiger charge is 2.12. The van der Waals surface area contributed by atoms with Crippen molar-refractivity contribution >= 4 is 23.5 Å². The van der Waals surface area contributed by atoms with Crippen LogP contribution < -0.4 is 14.8 Å². The van der Waals surface area contributed by atoms with Crippen LogP contribution in [0.15, 0.2) is 42.5 Å². The first-order valence-electron chi connectivity index (χ1n) is 8.51. The Kier molecular flexibility index (Phi) is 7.95. The maximum Gasteiger partial charge on any atom is 0.303 e. The van der Waals surface area contributed by atoms with Crippen molar-refractivity contribution in [1.82, 2.24) is 5.32 Å². The van der Waals surface area contributed by atoms with E-state index < -0.39 is 5.97 Å². The molecule has 0 saturated carbocycles. The van der Waals surface area contributed by atoms with E-state index in [1.165, 1.54) is 0 Å². The number of nitrogens with one attached hydrogen (secondary N) is 1. The van der Waals surface area contributed by atoms with Gasteiger partial charge in [-0.3, -0.25) is 9.59 Å². The molecule has 0 aliphatic carbocycles. The van der Waals surface area contributed by atoms with E-state index in [1.807, 2.05) is 12.1 Å². The van der Waals surface area contributed by atoms with Crippen LogP contribution >= 0.6 is 11.6 Å². The lowest BCUT2D eigenvalue weighted by atomic mass is 10.1. The monoisotopic (exact) mass is 391 g/mol. The van der Waals surface area contributed by atoms with Crippen LogP contribution in [0.3, 0.4) is 0 Å². The highest BCUT2D eigenvalue weighted by atomic mass is 35.5. The van der Waals surface area contributed by atoms with Gasteiger partial charge in [0.05, 0.1) is 20.1 Å². The summed E-state index contributed by atoms with van der Waals surface area (Å²) in [6.07, 6.45) is 0.673. The van der Waals surface area contributed by atoms with Gasteiger partial charge < -0.3 is 19.9 Å². The molecule has 0 unspecified atom stereocenters. The van der Waals surface area contributed by atoms with Crippen LogP contribution in [0, 0.1) is 0 Å². The Bertz CT molecular complexity index is 776. The Morgan fingerprint density at radius 2 is 1.89 bits per heavy atom. The summed E-state index contributed by atoms with van der Waals surface area (Å²) in [5, 5.41) is 11.9. The van der Waals surface area contributed by atoms with E-state index in [0.29, 0.717) is 41.7 Å². The molecule has 2 aromatic rings. The van der Waals surface area contributed by atoms with Crippen LogP contribution in [0.5, 0.6) is 11.5 Å². The van der Waals surface area contributed by atoms with E-state index >= 15 is 0 Å². The molecule has 6 nitrogen and oxygen atoms in total. The van der Waals surface area contributed by atoms with Gasteiger partial charge in [0.15, 0.2) is 0 Å². The Balaban J connectivity index is 1.81. The van der Waals surface area contributed by atoms with Crippen molar-refractivity contribution in [1.29, 1.82) is 0 Å². The van der Waals surface area contributed by atoms with Gasteiger partial charge in [-0.1, -0.05) is 29.8 Å². The summed E-state index contributed by atoms with van der Waals surface area (Å²) in [5.41, 5.74) is 1.58. The van der Waals surface area contributed by atoms with Gasteiger partial charge in [-0.05, 0) is 36.2 Å². The van der Waals surface area contributed by atoms with Crippen molar-refractivity contribution < 1.29 is 24.2 Å². The number of ether oxygens (including phenoxy) is 2. The number of carboxylic acids is 1. The average molecular weight is 392 g/mol. The first kappa shape index (κ1) is 20.6. The molecule has 144 valence electrons. The Hall–Kier alpha value is -2.73. The second-order valence-electron chi connectivity index (χ2n) is 5.86. The topological polar surface area (TPSA) is 84.9 Å². The van der Waals surface area contributed by atoms with Crippen LogP contribution in [0.4, 0.5) is 0 Å². The minimum Gasteiger partial charge on any atom is -0.496 e. The molecule has 0 heterocycles. The van der Waals surface area contributed by atoms with Gasteiger partial charge in [-0.15, -0.1) is 0 Å². The van der Waals surface area contributed by atoms with Crippen molar-refractivity contribution in [2.24, 2.45) is 0 Å². The molecule has 2 rings (SSSR count). The smallest absolute Gasteiger partial charge is 0.303 e. The lowest BCUT2D eigenvalue weighted by molar-refractivity contribution is -0.137. The minimum absolute atomic E-state index is 0.0837. The zero-order valence-electron chi connectivity index (χ0n) is 15.0. The number of carbonyl (C=O) groups excluding carboxylic acids is 1. The van der Waals surface area contributed by atoms with Crippen LogP contribution in [0.1, 0.15) is 24.0 Å². The van der Waals surface area contributed by atoms with E-state index in [2.05, 4.69) is 5.32 Å². The Labute approximate surface area is 163 Å². The lowest BCUT2D eigenvalue weighted by Gasteiger charge is -2.11. The van der Waals surface area contributed by atoms with Gasteiger partial charge in [-0.2, -0.15) is 0 Å². The fourth-order valence-electron chi connectivity index (χ4n) is 2.44. The molecule has 0 aliphatic rings. The van der Waals surface area contributed by atoms with Crippen molar-refractivity contribution in [2.75, 3.05) is 13.7 Å². The quantitative estimate of drug-likeness (QED) is 0.606. The largest absolute Gasteiger partial charge is 0.496 e. The standard InChI is InChI=1S/C20H22ClNO5/c1-26-18-5-2-4-17(21)16(18)12-19(23)22-13-14-7-9-15(10-8-14)27-11-3-6-20(24)25/h2,4-5,7-10H,3,6,11-13H2,1H3,(H,22,23)(H,24,25). The van der Waals surface area contributed by atoms with E-state index in [0.717, 1.165) is 5.56 Å². The normalized spacial score (nSPS) is 10.3. The number of hydrogen-bond donors (Lipinski definition) is 2. The van der Waals surface area contributed by atoms with Crippen LogP contribution in [-0.2, 0) is 22.6 Å². The third-order valence-electron chi connectivity index (χ3n) is 3.85. The minimum atomic E-state index is -0.834. The van der Waals surface area contributed by atoms with Crippen molar-refractivity contribution in [2.45, 2.75) is 25.8 Å². The summed E-state index contributed by atoms with van der Waals surface area (Å²) < 4.78 is 10.7. The number of halogens is 1. The van der Waals surface area contributed by atoms with Crippen LogP contribution in [0.2, 0.25) is 5.02 Å². The summed E-state index contributed by atoms with van der Waals surface area (Å²) in [5.74, 6) is 0.257. The van der Waals surface area contributed by atoms with Gasteiger partial charge in [0.2, 0.25) is 5.91 Å². The van der Waals surface area contributed by atoms with Crippen molar-refractivity contribution in [3.05, 3.63) is 58.6 Å². The third-order valence-corrected chi connectivity index (χ3v) is 4.20. The lowest BCUT2D eigenvalue weighted by Crippen LogP contribution is -2.24. The van der Waals surface area contributed by atoms with E-state index in [9.17, 15) is 9.59 Å². The van der Waals surface area contributed by atoms with E-state index in [1.54, 1.807) is 37.4 Å². The molecule has 0 aliphatic heterocycles. The fraction of sp³-hybridized carbons (Fsp3) is 0.300. The van der Waals surface area contributed by atoms with Gasteiger partial charge in [0.25, 0.3) is 0 Å². The zero-order valence-corrected chi connectivity index (χ0v) is 15.8. The van der Waals surface area contributed by atoms with Gasteiger partial charge in [0, 0.05) is 23.6 Å². The number of carbonyl (C=O) groups is 2. The molecule has 0 fully saturated rings. The average Bonchev–Trinajstić information content (AvgIpc) is 2.66. The molecule has 0 aromatic heterocycles. The van der Waals surface area contributed by atoms with Crippen LogP contribution in [-0.4, -0.2) is 30.7 Å². The number of aliphatic carboxylic acids is 1. The molecule has 2 aromatic carbocycles. The molecule has 0 bridgehead atoms. The first-order valence-corrected chi connectivity index (χ1v) is 8.89. The van der Waals surface area contributed by atoms with E-state index in [4.69, 9.17) is 26.2 Å². The Morgan fingerprint density at radius 3 is 2.56 bits per heavy atom. The van der Waals surface area contributed by atoms with Gasteiger partial charge in [-0.25, -0.2) is 0 Å². The highest BCUT2D eigenvalue weighted by molar-refractivity contribution is 6.31. The number of hydrogen-bond acceptors (Lipinski definition) is 4. The molecule has 0 radical (unpaired) electrons. The molecule has 0 spiro atoms. The molecular formula is C20H22ClNO5. The fourth-order valence-corrected chi connectivity index (χ4v) is 2.67. The molecule has 7 heteroatoms. The second-order valence-corrected chi connectivity index (χ2v) is 6.27. The highest BCUT2D eigenvalue weighted by Crippen LogP contribution is 2.26. The van der Waals surface area contributed by atoms with Crippen molar-refractivity contribution in [3.8, 4) is 11.5 Å². The Morgan fingerprint density at radius 1 is 1.15 bits per heavy atom. The molecule has 1 amide bonds. The summed E-state index contributed by atoms with van der Waals surface area (Å²) in [7, 11) is 1.54. The summed E-state index contributed by atoms with van der Waals surface area (Å²) in [6.45, 7) is 0.729. The molecular weight excluding hydrogens is 370 g/mol. The van der Waals surface area contributed by atoms with Crippen molar-refractivity contribution in [3.63, 3.8) is 0 Å². The second kappa shape index (κ2) is 10.4. The predicted octanol–water partition coefficient (Wildman–Crippen LogP) is 3.45.